The van der Waals surface area contributed by atoms with Crippen molar-refractivity contribution in [1.29, 1.82) is 0 Å². The summed E-state index contributed by atoms with van der Waals surface area (Å²) < 4.78 is 10.1. The zero-order valence-electron chi connectivity index (χ0n) is 7.91. The van der Waals surface area contributed by atoms with Gasteiger partial charge in [-0.3, -0.25) is 4.79 Å². The van der Waals surface area contributed by atoms with Crippen LogP contribution in [0.2, 0.25) is 0 Å². The second kappa shape index (κ2) is 3.17. The monoisotopic (exact) mass is 202 g/mol. The van der Waals surface area contributed by atoms with Gasteiger partial charge in [0, 0.05) is 12.2 Å². The summed E-state index contributed by atoms with van der Waals surface area (Å²) in [6, 6.07) is 0. The van der Waals surface area contributed by atoms with Crippen LogP contribution < -0.4 is 0 Å². The van der Waals surface area contributed by atoms with Crippen molar-refractivity contribution in [2.45, 2.75) is 12.8 Å². The minimum atomic E-state index is -0.158. The number of carbonyl (C=O) groups excluding carboxylic acids is 1. The zero-order valence-corrected chi connectivity index (χ0v) is 8.73. The number of esters is 1. The van der Waals surface area contributed by atoms with Crippen LogP contribution in [0.3, 0.4) is 0 Å². The highest BCUT2D eigenvalue weighted by Gasteiger charge is 2.70. The van der Waals surface area contributed by atoms with E-state index in [0.29, 0.717) is 18.4 Å². The van der Waals surface area contributed by atoms with E-state index in [1.165, 1.54) is 19.2 Å². The Bertz CT molecular complexity index is 223. The van der Waals surface area contributed by atoms with Crippen LogP contribution in [0.4, 0.5) is 0 Å². The summed E-state index contributed by atoms with van der Waals surface area (Å²) >= 11 is 1.37. The van der Waals surface area contributed by atoms with Gasteiger partial charge in [-0.1, -0.05) is 0 Å². The molecule has 3 fully saturated rings. The molecular formula is C9H14O3S. The van der Waals surface area contributed by atoms with E-state index >= 15 is 0 Å². The maximum atomic E-state index is 11.4. The molecule has 3 rings (SSSR count). The predicted octanol–water partition coefficient (Wildman–Crippen LogP) is 1.48. The van der Waals surface area contributed by atoms with Gasteiger partial charge in [-0.05, 0) is 30.8 Å². The second-order valence-electron chi connectivity index (χ2n) is 3.87. The van der Waals surface area contributed by atoms with E-state index in [0.717, 1.165) is 12.8 Å². The van der Waals surface area contributed by atoms with Crippen LogP contribution in [0.1, 0.15) is 12.8 Å². The average Bonchev–Trinajstić information content (AvgIpc) is 2.01. The highest BCUT2D eigenvalue weighted by atomic mass is 32.2. The number of hydrogen-bond acceptors (Lipinski definition) is 4. The fraction of sp³-hybridized carbons (Fsp3) is 0.889. The quantitative estimate of drug-likeness (QED) is 0.511. The molecule has 4 heteroatoms. The van der Waals surface area contributed by atoms with Crippen LogP contribution in [0.5, 0.6) is 0 Å². The number of carbonyl (C=O) groups is 1. The molecule has 0 aromatic carbocycles. The lowest BCUT2D eigenvalue weighted by Gasteiger charge is -2.65. The largest absolute Gasteiger partial charge is 0.469 e. The van der Waals surface area contributed by atoms with E-state index < -0.39 is 0 Å². The van der Waals surface area contributed by atoms with Crippen molar-refractivity contribution in [2.24, 2.45) is 17.3 Å². The predicted molar refractivity (Wildman–Crippen MR) is 50.1 cm³/mol. The first-order valence-corrected chi connectivity index (χ1v) is 5.63. The lowest BCUT2D eigenvalue weighted by atomic mass is 9.38. The van der Waals surface area contributed by atoms with Crippen molar-refractivity contribution in [3.63, 3.8) is 0 Å². The molecule has 0 spiro atoms. The van der Waals surface area contributed by atoms with E-state index in [2.05, 4.69) is 0 Å². The normalized spacial score (nSPS) is 40.5. The topological polar surface area (TPSA) is 35.5 Å². The van der Waals surface area contributed by atoms with Gasteiger partial charge in [-0.25, -0.2) is 0 Å². The van der Waals surface area contributed by atoms with Gasteiger partial charge in [0.05, 0.1) is 19.1 Å². The van der Waals surface area contributed by atoms with Gasteiger partial charge in [0.15, 0.2) is 0 Å². The van der Waals surface area contributed by atoms with Crippen molar-refractivity contribution in [1.82, 2.24) is 0 Å². The Kier molecular flexibility index (Phi) is 2.28. The molecule has 1 unspecified atom stereocenters. The summed E-state index contributed by atoms with van der Waals surface area (Å²) in [5.74, 6) is 1.10. The van der Waals surface area contributed by atoms with Crippen LogP contribution in [0.15, 0.2) is 0 Å². The Balaban J connectivity index is 1.91. The van der Waals surface area contributed by atoms with Gasteiger partial charge in [0.25, 0.3) is 0 Å². The van der Waals surface area contributed by atoms with Gasteiger partial charge in [0.1, 0.15) is 0 Å². The summed E-state index contributed by atoms with van der Waals surface area (Å²) in [6.45, 7) is 0.695. The van der Waals surface area contributed by atoms with Crippen molar-refractivity contribution >= 4 is 18.0 Å². The molecule has 0 radical (unpaired) electrons. The Morgan fingerprint density at radius 3 is 2.69 bits per heavy atom. The molecule has 0 saturated heterocycles. The third-order valence-corrected chi connectivity index (χ3v) is 3.86. The molecule has 0 aromatic rings. The fourth-order valence-corrected chi connectivity index (χ4v) is 2.83. The van der Waals surface area contributed by atoms with E-state index in [9.17, 15) is 4.79 Å². The molecule has 0 heterocycles. The molecule has 0 amide bonds. The third kappa shape index (κ3) is 1.12. The van der Waals surface area contributed by atoms with Gasteiger partial charge < -0.3 is 8.92 Å². The van der Waals surface area contributed by atoms with Gasteiger partial charge in [-0.15, -0.1) is 0 Å². The van der Waals surface area contributed by atoms with Crippen LogP contribution in [-0.4, -0.2) is 25.9 Å². The van der Waals surface area contributed by atoms with Gasteiger partial charge in [-0.2, -0.15) is 0 Å². The van der Waals surface area contributed by atoms with Crippen LogP contribution in [-0.2, 0) is 13.7 Å². The number of ether oxygens (including phenoxy) is 1. The van der Waals surface area contributed by atoms with Crippen molar-refractivity contribution < 1.29 is 13.7 Å². The molecule has 3 aliphatic rings. The highest BCUT2D eigenvalue weighted by Crippen LogP contribution is 2.69. The van der Waals surface area contributed by atoms with Crippen molar-refractivity contribution in [3.05, 3.63) is 0 Å². The second-order valence-corrected chi connectivity index (χ2v) is 4.44. The van der Waals surface area contributed by atoms with Crippen molar-refractivity contribution in [3.8, 4) is 0 Å². The number of rotatable bonds is 4. The lowest BCUT2D eigenvalue weighted by Crippen LogP contribution is -2.67. The minimum Gasteiger partial charge on any atom is -0.469 e. The fourth-order valence-electron chi connectivity index (χ4n) is 2.55. The molecule has 0 aromatic heterocycles. The van der Waals surface area contributed by atoms with E-state index in [-0.39, 0.29) is 11.4 Å². The van der Waals surface area contributed by atoms with Crippen LogP contribution in [0.25, 0.3) is 0 Å². The molecule has 0 N–H and O–H groups in total. The Labute approximate surface area is 82.4 Å². The van der Waals surface area contributed by atoms with Gasteiger partial charge >= 0.3 is 5.97 Å². The smallest absolute Gasteiger partial charge is 0.312 e. The SMILES string of the molecule is COC(=O)C12CC(C1)C2COSC. The Morgan fingerprint density at radius 2 is 2.31 bits per heavy atom. The van der Waals surface area contributed by atoms with Gasteiger partial charge in [0.2, 0.25) is 0 Å². The molecule has 13 heavy (non-hydrogen) atoms. The van der Waals surface area contributed by atoms with Crippen LogP contribution >= 0.6 is 12.0 Å². The first kappa shape index (κ1) is 9.34. The first-order chi connectivity index (χ1) is 6.24. The van der Waals surface area contributed by atoms with Crippen LogP contribution in [0, 0.1) is 17.3 Å². The summed E-state index contributed by atoms with van der Waals surface area (Å²) in [5.41, 5.74) is -0.158. The number of methoxy groups -OCH3 is 1. The summed E-state index contributed by atoms with van der Waals surface area (Å²) in [4.78, 5) is 11.4. The van der Waals surface area contributed by atoms with E-state index in [4.69, 9.17) is 8.92 Å². The third-order valence-electron chi connectivity index (χ3n) is 3.49. The summed E-state index contributed by atoms with van der Waals surface area (Å²) in [6.07, 6.45) is 3.93. The van der Waals surface area contributed by atoms with E-state index in [1.54, 1.807) is 0 Å². The van der Waals surface area contributed by atoms with E-state index in [1.807, 2.05) is 6.26 Å². The molecule has 0 aliphatic heterocycles. The Hall–Kier alpha value is -0.220. The standard InChI is InChI=1S/C9H14O3S/c1-11-8(10)9-3-6(4-9)7(9)5-12-13-2/h6-7H,3-5H2,1-2H3. The highest BCUT2D eigenvalue weighted by molar-refractivity contribution is 7.93. The maximum absolute atomic E-state index is 11.4. The summed E-state index contributed by atoms with van der Waals surface area (Å²) in [7, 11) is 1.47. The molecule has 2 bridgehead atoms. The molecule has 3 aliphatic carbocycles. The first-order valence-electron chi connectivity index (χ1n) is 4.48. The number of hydrogen-bond donors (Lipinski definition) is 0. The molecule has 3 nitrogen and oxygen atoms in total. The molecular weight excluding hydrogens is 188 g/mol. The Morgan fingerprint density at radius 1 is 1.62 bits per heavy atom. The molecule has 1 atom stereocenters. The maximum Gasteiger partial charge on any atom is 0.312 e. The molecule has 74 valence electrons. The lowest BCUT2D eigenvalue weighted by molar-refractivity contribution is -0.224. The summed E-state index contributed by atoms with van der Waals surface area (Å²) in [5, 5.41) is 0. The zero-order chi connectivity index (χ0) is 9.47. The molecule has 3 saturated carbocycles. The average molecular weight is 202 g/mol. The minimum absolute atomic E-state index is 0.0373. The van der Waals surface area contributed by atoms with Crippen molar-refractivity contribution in [2.75, 3.05) is 20.0 Å².